The van der Waals surface area contributed by atoms with Crippen LogP contribution in [0.1, 0.15) is 25.0 Å². The molecule has 1 heterocycles. The first-order valence-corrected chi connectivity index (χ1v) is 9.43. The average Bonchev–Trinajstić information content (AvgIpc) is 2.83. The molecule has 0 fully saturated rings. The standard InChI is InChI=1S/C21H20Cl2N2O2/c1-12(2)11-25-20(26)18(14-5-7-15(22)8-6-14)19(21(25)27)24-16-9-4-13(3)17(23)10-16/h4-10,12,24H,11H2,1-3H3. The number of rotatable bonds is 5. The molecular weight excluding hydrogens is 383 g/mol. The molecule has 2 aromatic carbocycles. The Hall–Kier alpha value is -2.30. The maximum Gasteiger partial charge on any atom is 0.278 e. The zero-order valence-corrected chi connectivity index (χ0v) is 16.9. The van der Waals surface area contributed by atoms with Gasteiger partial charge in [-0.3, -0.25) is 14.5 Å². The van der Waals surface area contributed by atoms with Crippen LogP contribution < -0.4 is 5.32 Å². The third kappa shape index (κ3) is 4.02. The molecule has 0 spiro atoms. The summed E-state index contributed by atoms with van der Waals surface area (Å²) in [5.74, 6) is -0.482. The Kier molecular flexibility index (Phi) is 5.59. The van der Waals surface area contributed by atoms with E-state index >= 15 is 0 Å². The van der Waals surface area contributed by atoms with Gasteiger partial charge in [-0.1, -0.05) is 55.2 Å². The van der Waals surface area contributed by atoms with E-state index in [1.807, 2.05) is 32.9 Å². The van der Waals surface area contributed by atoms with Gasteiger partial charge in [-0.05, 0) is 48.2 Å². The molecule has 0 radical (unpaired) electrons. The number of nitrogens with one attached hydrogen (secondary N) is 1. The number of anilines is 1. The molecular formula is C21H20Cl2N2O2. The zero-order chi connectivity index (χ0) is 19.7. The topological polar surface area (TPSA) is 49.4 Å². The first-order valence-electron chi connectivity index (χ1n) is 8.67. The fraction of sp³-hybridized carbons (Fsp3) is 0.238. The minimum absolute atomic E-state index is 0.164. The predicted molar refractivity (Wildman–Crippen MR) is 110 cm³/mol. The van der Waals surface area contributed by atoms with Crippen LogP contribution >= 0.6 is 23.2 Å². The largest absolute Gasteiger partial charge is 0.350 e. The van der Waals surface area contributed by atoms with Gasteiger partial charge >= 0.3 is 0 Å². The Labute approximate surface area is 168 Å². The van der Waals surface area contributed by atoms with Gasteiger partial charge in [0, 0.05) is 22.3 Å². The lowest BCUT2D eigenvalue weighted by Gasteiger charge is -2.17. The minimum atomic E-state index is -0.338. The van der Waals surface area contributed by atoms with Crippen molar-refractivity contribution in [2.24, 2.45) is 5.92 Å². The number of carbonyl (C=O) groups is 2. The summed E-state index contributed by atoms with van der Waals surface area (Å²) >= 11 is 12.2. The van der Waals surface area contributed by atoms with Crippen LogP contribution in [-0.2, 0) is 9.59 Å². The van der Waals surface area contributed by atoms with Crippen molar-refractivity contribution in [2.45, 2.75) is 20.8 Å². The van der Waals surface area contributed by atoms with Crippen molar-refractivity contribution in [2.75, 3.05) is 11.9 Å². The molecule has 2 amide bonds. The Balaban J connectivity index is 2.06. The second-order valence-electron chi connectivity index (χ2n) is 6.96. The smallest absolute Gasteiger partial charge is 0.278 e. The zero-order valence-electron chi connectivity index (χ0n) is 15.3. The second-order valence-corrected chi connectivity index (χ2v) is 7.80. The molecule has 4 nitrogen and oxygen atoms in total. The van der Waals surface area contributed by atoms with Crippen LogP contribution in [0.25, 0.3) is 5.57 Å². The molecule has 0 saturated carbocycles. The maximum atomic E-state index is 13.0. The summed E-state index contributed by atoms with van der Waals surface area (Å²) in [6.07, 6.45) is 0. The summed E-state index contributed by atoms with van der Waals surface area (Å²) < 4.78 is 0. The fourth-order valence-corrected chi connectivity index (χ4v) is 3.23. The summed E-state index contributed by atoms with van der Waals surface area (Å²) in [6, 6.07) is 12.3. The third-order valence-corrected chi connectivity index (χ3v) is 4.95. The van der Waals surface area contributed by atoms with Crippen molar-refractivity contribution in [3.63, 3.8) is 0 Å². The molecule has 0 aromatic heterocycles. The lowest BCUT2D eigenvalue weighted by molar-refractivity contribution is -0.137. The Morgan fingerprint density at radius 1 is 1.00 bits per heavy atom. The molecule has 1 aliphatic heterocycles. The Morgan fingerprint density at radius 3 is 2.26 bits per heavy atom. The Bertz CT molecular complexity index is 934. The first-order chi connectivity index (χ1) is 12.8. The van der Waals surface area contributed by atoms with E-state index in [9.17, 15) is 9.59 Å². The van der Waals surface area contributed by atoms with Crippen molar-refractivity contribution in [1.29, 1.82) is 0 Å². The van der Waals surface area contributed by atoms with Gasteiger partial charge in [0.05, 0.1) is 5.57 Å². The second kappa shape index (κ2) is 7.75. The molecule has 140 valence electrons. The van der Waals surface area contributed by atoms with E-state index in [1.54, 1.807) is 30.3 Å². The predicted octanol–water partition coefficient (Wildman–Crippen LogP) is 5.15. The van der Waals surface area contributed by atoms with Gasteiger partial charge in [0.2, 0.25) is 0 Å². The number of nitrogens with zero attached hydrogens (tertiary/aromatic N) is 1. The van der Waals surface area contributed by atoms with E-state index in [-0.39, 0.29) is 23.4 Å². The van der Waals surface area contributed by atoms with Crippen LogP contribution in [0.5, 0.6) is 0 Å². The average molecular weight is 403 g/mol. The molecule has 0 aliphatic carbocycles. The van der Waals surface area contributed by atoms with Gasteiger partial charge in [-0.2, -0.15) is 0 Å². The fourth-order valence-electron chi connectivity index (χ4n) is 2.92. The van der Waals surface area contributed by atoms with Crippen molar-refractivity contribution < 1.29 is 9.59 Å². The summed E-state index contributed by atoms with van der Waals surface area (Å²) in [6.45, 7) is 6.19. The quantitative estimate of drug-likeness (QED) is 0.703. The van der Waals surface area contributed by atoms with E-state index in [0.717, 1.165) is 5.56 Å². The van der Waals surface area contributed by atoms with Crippen LogP contribution in [0.15, 0.2) is 48.2 Å². The Morgan fingerprint density at radius 2 is 1.67 bits per heavy atom. The van der Waals surface area contributed by atoms with Gasteiger partial charge in [0.25, 0.3) is 11.8 Å². The van der Waals surface area contributed by atoms with E-state index in [4.69, 9.17) is 23.2 Å². The van der Waals surface area contributed by atoms with Crippen molar-refractivity contribution in [3.8, 4) is 0 Å². The van der Waals surface area contributed by atoms with E-state index < -0.39 is 0 Å². The highest BCUT2D eigenvalue weighted by Crippen LogP contribution is 2.32. The minimum Gasteiger partial charge on any atom is -0.350 e. The molecule has 0 bridgehead atoms. The number of hydrogen-bond donors (Lipinski definition) is 1. The molecule has 6 heteroatoms. The summed E-state index contributed by atoms with van der Waals surface area (Å²) in [4.78, 5) is 27.3. The number of aryl methyl sites for hydroxylation is 1. The molecule has 2 aromatic rings. The lowest BCUT2D eigenvalue weighted by Crippen LogP contribution is -2.35. The van der Waals surface area contributed by atoms with Crippen LogP contribution in [0.2, 0.25) is 10.0 Å². The molecule has 0 atom stereocenters. The summed E-state index contributed by atoms with van der Waals surface area (Å²) in [5.41, 5.74) is 2.82. The van der Waals surface area contributed by atoms with Crippen molar-refractivity contribution in [1.82, 2.24) is 4.90 Å². The molecule has 0 unspecified atom stereocenters. The number of amides is 2. The summed E-state index contributed by atoms with van der Waals surface area (Å²) in [5, 5.41) is 4.26. The van der Waals surface area contributed by atoms with E-state index in [1.165, 1.54) is 4.90 Å². The number of carbonyl (C=O) groups excluding carboxylic acids is 2. The van der Waals surface area contributed by atoms with Gasteiger partial charge in [-0.25, -0.2) is 0 Å². The van der Waals surface area contributed by atoms with E-state index in [2.05, 4.69) is 5.32 Å². The van der Waals surface area contributed by atoms with Crippen LogP contribution in [0.4, 0.5) is 5.69 Å². The van der Waals surface area contributed by atoms with Gasteiger partial charge < -0.3 is 5.32 Å². The molecule has 0 saturated heterocycles. The third-order valence-electron chi connectivity index (χ3n) is 4.29. The van der Waals surface area contributed by atoms with Gasteiger partial charge in [-0.15, -0.1) is 0 Å². The summed E-state index contributed by atoms with van der Waals surface area (Å²) in [7, 11) is 0. The van der Waals surface area contributed by atoms with Crippen LogP contribution in [0.3, 0.4) is 0 Å². The molecule has 1 N–H and O–H groups in total. The number of hydrogen-bond acceptors (Lipinski definition) is 3. The molecule has 1 aliphatic rings. The van der Waals surface area contributed by atoms with Crippen molar-refractivity contribution in [3.05, 3.63) is 69.3 Å². The highest BCUT2D eigenvalue weighted by molar-refractivity contribution is 6.37. The number of halogens is 2. The lowest BCUT2D eigenvalue weighted by atomic mass is 10.0. The monoisotopic (exact) mass is 402 g/mol. The van der Waals surface area contributed by atoms with Crippen molar-refractivity contribution >= 4 is 46.3 Å². The number of benzene rings is 2. The molecule has 27 heavy (non-hydrogen) atoms. The normalized spacial score (nSPS) is 14.5. The highest BCUT2D eigenvalue weighted by Gasteiger charge is 2.39. The maximum absolute atomic E-state index is 13.0. The molecule has 3 rings (SSSR count). The van der Waals surface area contributed by atoms with E-state index in [0.29, 0.717) is 33.4 Å². The first kappa shape index (κ1) is 19.5. The highest BCUT2D eigenvalue weighted by atomic mass is 35.5. The van der Waals surface area contributed by atoms with Gasteiger partial charge in [0.1, 0.15) is 5.70 Å². The number of imide groups is 1. The SMILES string of the molecule is Cc1ccc(NC2=C(c3ccc(Cl)cc3)C(=O)N(CC(C)C)C2=O)cc1Cl. The van der Waals surface area contributed by atoms with Crippen LogP contribution in [-0.4, -0.2) is 23.3 Å². The van der Waals surface area contributed by atoms with Gasteiger partial charge in [0.15, 0.2) is 0 Å². The van der Waals surface area contributed by atoms with Crippen LogP contribution in [0, 0.1) is 12.8 Å².